The van der Waals surface area contributed by atoms with Crippen LogP contribution in [0.5, 0.6) is 0 Å². The van der Waals surface area contributed by atoms with Gasteiger partial charge in [0.15, 0.2) is 0 Å². The number of hydrogen-bond acceptors (Lipinski definition) is 4. The van der Waals surface area contributed by atoms with Gasteiger partial charge in [-0.3, -0.25) is 0 Å². The predicted octanol–water partition coefficient (Wildman–Crippen LogP) is 2.52. The molecule has 1 rings (SSSR count). The highest BCUT2D eigenvalue weighted by molar-refractivity contribution is 7.80. The molecule has 1 aromatic rings. The number of nitrogens with zero attached hydrogens (tertiary/aromatic N) is 3. The minimum atomic E-state index is 0.324. The standard InChI is InChI=1S/C13H22N4S/c1-3-5-9-17(10-6-4-2)13-15-8-7-11(16-13)12(14)18/h7-8H,3-6,9-10H2,1-2H3,(H2,14,18). The van der Waals surface area contributed by atoms with Crippen LogP contribution in [0.2, 0.25) is 0 Å². The summed E-state index contributed by atoms with van der Waals surface area (Å²) in [4.78, 5) is 11.3. The Balaban J connectivity index is 2.82. The number of anilines is 1. The number of thiocarbonyl (C=S) groups is 1. The molecule has 0 unspecified atom stereocenters. The van der Waals surface area contributed by atoms with E-state index >= 15 is 0 Å². The maximum absolute atomic E-state index is 5.61. The molecular weight excluding hydrogens is 244 g/mol. The number of nitrogens with two attached hydrogens (primary N) is 1. The molecule has 0 aliphatic heterocycles. The van der Waals surface area contributed by atoms with Crippen LogP contribution >= 0.6 is 12.2 Å². The quantitative estimate of drug-likeness (QED) is 0.733. The van der Waals surface area contributed by atoms with Crippen molar-refractivity contribution in [3.05, 3.63) is 18.0 Å². The van der Waals surface area contributed by atoms with Gasteiger partial charge in [-0.1, -0.05) is 38.9 Å². The zero-order chi connectivity index (χ0) is 13.4. The topological polar surface area (TPSA) is 55.0 Å². The summed E-state index contributed by atoms with van der Waals surface area (Å²) in [5.41, 5.74) is 6.25. The summed E-state index contributed by atoms with van der Waals surface area (Å²) in [6.07, 6.45) is 6.34. The minimum Gasteiger partial charge on any atom is -0.388 e. The van der Waals surface area contributed by atoms with Gasteiger partial charge in [-0.15, -0.1) is 0 Å². The molecule has 0 fully saturated rings. The zero-order valence-electron chi connectivity index (χ0n) is 11.2. The summed E-state index contributed by atoms with van der Waals surface area (Å²) >= 11 is 4.95. The minimum absolute atomic E-state index is 0.324. The number of rotatable bonds is 8. The summed E-state index contributed by atoms with van der Waals surface area (Å²) < 4.78 is 0. The first-order valence-electron chi connectivity index (χ1n) is 6.56. The predicted molar refractivity (Wildman–Crippen MR) is 79.9 cm³/mol. The van der Waals surface area contributed by atoms with Crippen LogP contribution in [0.4, 0.5) is 5.95 Å². The summed E-state index contributed by atoms with van der Waals surface area (Å²) in [7, 11) is 0. The first-order valence-corrected chi connectivity index (χ1v) is 6.97. The van der Waals surface area contributed by atoms with E-state index in [0.29, 0.717) is 10.7 Å². The maximum atomic E-state index is 5.61. The Morgan fingerprint density at radius 1 is 1.28 bits per heavy atom. The van der Waals surface area contributed by atoms with E-state index in [4.69, 9.17) is 18.0 Å². The van der Waals surface area contributed by atoms with E-state index in [0.717, 1.165) is 44.7 Å². The molecule has 0 radical (unpaired) electrons. The van der Waals surface area contributed by atoms with Gasteiger partial charge in [0.25, 0.3) is 0 Å². The van der Waals surface area contributed by atoms with Crippen LogP contribution in [-0.2, 0) is 0 Å². The normalized spacial score (nSPS) is 10.3. The van der Waals surface area contributed by atoms with Gasteiger partial charge in [0.1, 0.15) is 10.7 Å². The largest absolute Gasteiger partial charge is 0.388 e. The maximum Gasteiger partial charge on any atom is 0.225 e. The fraction of sp³-hybridized carbons (Fsp3) is 0.615. The van der Waals surface area contributed by atoms with Crippen molar-refractivity contribution in [2.75, 3.05) is 18.0 Å². The van der Waals surface area contributed by atoms with Crippen LogP contribution in [-0.4, -0.2) is 28.0 Å². The highest BCUT2D eigenvalue weighted by Crippen LogP contribution is 2.10. The van der Waals surface area contributed by atoms with E-state index < -0.39 is 0 Å². The molecule has 0 aromatic carbocycles. The van der Waals surface area contributed by atoms with Gasteiger partial charge in [0, 0.05) is 19.3 Å². The lowest BCUT2D eigenvalue weighted by atomic mass is 10.3. The molecule has 100 valence electrons. The molecule has 0 saturated heterocycles. The Bertz CT molecular complexity index is 373. The van der Waals surface area contributed by atoms with Crippen LogP contribution in [0.15, 0.2) is 12.3 Å². The second-order valence-electron chi connectivity index (χ2n) is 4.30. The van der Waals surface area contributed by atoms with Crippen LogP contribution in [0.1, 0.15) is 45.2 Å². The third-order valence-corrected chi connectivity index (χ3v) is 2.95. The van der Waals surface area contributed by atoms with E-state index in [1.807, 2.05) is 0 Å². The number of hydrogen-bond donors (Lipinski definition) is 1. The van der Waals surface area contributed by atoms with Gasteiger partial charge in [-0.25, -0.2) is 9.97 Å². The van der Waals surface area contributed by atoms with Crippen LogP contribution in [0.3, 0.4) is 0 Å². The Morgan fingerprint density at radius 2 is 1.89 bits per heavy atom. The van der Waals surface area contributed by atoms with Gasteiger partial charge >= 0.3 is 0 Å². The monoisotopic (exact) mass is 266 g/mol. The molecule has 0 amide bonds. The molecule has 0 atom stereocenters. The fourth-order valence-corrected chi connectivity index (χ4v) is 1.76. The smallest absolute Gasteiger partial charge is 0.225 e. The number of aromatic nitrogens is 2. The lowest BCUT2D eigenvalue weighted by Gasteiger charge is -2.22. The molecule has 4 nitrogen and oxygen atoms in total. The second-order valence-corrected chi connectivity index (χ2v) is 4.74. The molecule has 0 aliphatic rings. The average molecular weight is 266 g/mol. The third kappa shape index (κ3) is 4.56. The van der Waals surface area contributed by atoms with Gasteiger partial charge in [-0.05, 0) is 18.9 Å². The molecule has 1 heterocycles. The van der Waals surface area contributed by atoms with Crippen LogP contribution in [0, 0.1) is 0 Å². The van der Waals surface area contributed by atoms with Gasteiger partial charge in [0.2, 0.25) is 5.95 Å². The van der Waals surface area contributed by atoms with Crippen molar-refractivity contribution < 1.29 is 0 Å². The van der Waals surface area contributed by atoms with Crippen molar-refractivity contribution in [3.8, 4) is 0 Å². The lowest BCUT2D eigenvalue weighted by Crippen LogP contribution is -2.28. The Hall–Kier alpha value is -1.23. The summed E-state index contributed by atoms with van der Waals surface area (Å²) in [6.45, 7) is 6.34. The van der Waals surface area contributed by atoms with E-state index in [2.05, 4.69) is 28.7 Å². The van der Waals surface area contributed by atoms with Gasteiger partial charge in [-0.2, -0.15) is 0 Å². The van der Waals surface area contributed by atoms with E-state index in [1.54, 1.807) is 12.3 Å². The van der Waals surface area contributed by atoms with E-state index in [-0.39, 0.29) is 0 Å². The summed E-state index contributed by atoms with van der Waals surface area (Å²) in [5.74, 6) is 0.738. The van der Waals surface area contributed by atoms with Crippen LogP contribution in [0.25, 0.3) is 0 Å². The number of unbranched alkanes of at least 4 members (excludes halogenated alkanes) is 2. The molecule has 5 heteroatoms. The van der Waals surface area contributed by atoms with E-state index in [9.17, 15) is 0 Å². The summed E-state index contributed by atoms with van der Waals surface area (Å²) in [6, 6.07) is 1.75. The molecule has 18 heavy (non-hydrogen) atoms. The molecule has 0 saturated carbocycles. The first-order chi connectivity index (χ1) is 8.69. The first kappa shape index (κ1) is 14.8. The highest BCUT2D eigenvalue weighted by Gasteiger charge is 2.10. The van der Waals surface area contributed by atoms with Gasteiger partial charge < -0.3 is 10.6 Å². The SMILES string of the molecule is CCCCN(CCCC)c1nccc(C(N)=S)n1. The average Bonchev–Trinajstić information content (AvgIpc) is 2.39. The highest BCUT2D eigenvalue weighted by atomic mass is 32.1. The molecule has 0 spiro atoms. The fourth-order valence-electron chi connectivity index (χ4n) is 1.65. The van der Waals surface area contributed by atoms with Crippen LogP contribution < -0.4 is 10.6 Å². The van der Waals surface area contributed by atoms with Crippen molar-refractivity contribution in [2.24, 2.45) is 5.73 Å². The Kier molecular flexibility index (Phi) is 6.57. The Morgan fingerprint density at radius 3 is 2.39 bits per heavy atom. The summed E-state index contributed by atoms with van der Waals surface area (Å²) in [5, 5.41) is 0. The van der Waals surface area contributed by atoms with Crippen molar-refractivity contribution in [2.45, 2.75) is 39.5 Å². The molecule has 1 aromatic heterocycles. The lowest BCUT2D eigenvalue weighted by molar-refractivity contribution is 0.662. The van der Waals surface area contributed by atoms with Crippen molar-refractivity contribution in [3.63, 3.8) is 0 Å². The zero-order valence-corrected chi connectivity index (χ0v) is 12.0. The van der Waals surface area contributed by atoms with Crippen molar-refractivity contribution in [1.82, 2.24) is 9.97 Å². The third-order valence-electron chi connectivity index (χ3n) is 2.74. The van der Waals surface area contributed by atoms with Gasteiger partial charge in [0.05, 0.1) is 0 Å². The second kappa shape index (κ2) is 7.97. The molecular formula is C13H22N4S. The van der Waals surface area contributed by atoms with Crippen molar-refractivity contribution in [1.29, 1.82) is 0 Å². The molecule has 2 N–H and O–H groups in total. The Labute approximate surface area is 115 Å². The van der Waals surface area contributed by atoms with Crippen molar-refractivity contribution >= 4 is 23.2 Å². The van der Waals surface area contributed by atoms with E-state index in [1.165, 1.54) is 0 Å². The molecule has 0 aliphatic carbocycles. The molecule has 0 bridgehead atoms.